The van der Waals surface area contributed by atoms with Crippen molar-refractivity contribution in [1.29, 1.82) is 0 Å². The molecule has 2 fully saturated rings. The summed E-state index contributed by atoms with van der Waals surface area (Å²) in [6.45, 7) is 1.67. The van der Waals surface area contributed by atoms with E-state index >= 15 is 0 Å². The minimum atomic E-state index is -0.366. The van der Waals surface area contributed by atoms with E-state index in [0.29, 0.717) is 11.9 Å². The summed E-state index contributed by atoms with van der Waals surface area (Å²) in [6, 6.07) is 3.71. The first-order valence-corrected chi connectivity index (χ1v) is 8.62. The number of carbonyl (C=O) groups excluding carboxylic acids is 1. The zero-order valence-corrected chi connectivity index (χ0v) is 14.0. The molecule has 8 heteroatoms. The van der Waals surface area contributed by atoms with Gasteiger partial charge in [-0.05, 0) is 44.7 Å². The van der Waals surface area contributed by atoms with E-state index in [4.69, 9.17) is 0 Å². The Hall–Kier alpha value is -2.48. The highest BCUT2D eigenvalue weighted by Crippen LogP contribution is 2.42. The Balaban J connectivity index is 1.40. The van der Waals surface area contributed by atoms with Crippen LogP contribution in [-0.4, -0.2) is 36.8 Å². The molecule has 0 aliphatic heterocycles. The molecule has 0 bridgehead atoms. The Labute approximate surface area is 144 Å². The number of hydrogen-bond acceptors (Lipinski definition) is 5. The van der Waals surface area contributed by atoms with Crippen LogP contribution in [0, 0.1) is 6.92 Å². The monoisotopic (exact) mass is 343 g/mol. The van der Waals surface area contributed by atoms with Crippen molar-refractivity contribution in [1.82, 2.24) is 25.1 Å². The Morgan fingerprint density at radius 2 is 2.12 bits per heavy atom. The second-order valence-corrected chi connectivity index (χ2v) is 6.96. The van der Waals surface area contributed by atoms with Crippen LogP contribution in [0.15, 0.2) is 16.9 Å². The number of aromatic amines is 1. The predicted octanol–water partition coefficient (Wildman–Crippen LogP) is 0.778. The number of amides is 1. The number of aromatic nitrogens is 4. The molecule has 3 N–H and O–H groups in total. The lowest BCUT2D eigenvalue weighted by Crippen LogP contribution is -2.45. The zero-order chi connectivity index (χ0) is 17.6. The van der Waals surface area contributed by atoms with Crippen LogP contribution in [0.2, 0.25) is 0 Å². The SMILES string of the molecule is Cc1ccc(C(=O)NC2CC(c3nnc(CO)n3C3CC3)C2)c(=O)[nH]1. The number of nitrogens with one attached hydrogen (secondary N) is 2. The molecule has 0 saturated heterocycles. The van der Waals surface area contributed by atoms with Crippen LogP contribution >= 0.6 is 0 Å². The molecule has 0 radical (unpaired) electrons. The molecule has 2 aromatic heterocycles. The van der Waals surface area contributed by atoms with Gasteiger partial charge in [-0.2, -0.15) is 0 Å². The number of carbonyl (C=O) groups is 1. The minimum absolute atomic E-state index is 0.0279. The molecule has 2 aliphatic rings. The fourth-order valence-electron chi connectivity index (χ4n) is 3.41. The first-order valence-electron chi connectivity index (χ1n) is 8.62. The summed E-state index contributed by atoms with van der Waals surface area (Å²) in [6.07, 6.45) is 3.74. The average Bonchev–Trinajstić information content (AvgIpc) is 3.29. The molecule has 0 aromatic carbocycles. The molecule has 0 atom stereocenters. The summed E-state index contributed by atoms with van der Waals surface area (Å²) >= 11 is 0. The van der Waals surface area contributed by atoms with E-state index in [-0.39, 0.29) is 35.6 Å². The maximum atomic E-state index is 12.3. The van der Waals surface area contributed by atoms with Gasteiger partial charge in [-0.15, -0.1) is 10.2 Å². The number of H-pyrrole nitrogens is 1. The van der Waals surface area contributed by atoms with Crippen LogP contribution in [-0.2, 0) is 6.61 Å². The van der Waals surface area contributed by atoms with Gasteiger partial charge in [0.2, 0.25) is 0 Å². The predicted molar refractivity (Wildman–Crippen MR) is 89.2 cm³/mol. The van der Waals surface area contributed by atoms with Gasteiger partial charge in [0.1, 0.15) is 18.0 Å². The first kappa shape index (κ1) is 16.0. The van der Waals surface area contributed by atoms with E-state index in [1.807, 2.05) is 0 Å². The molecule has 25 heavy (non-hydrogen) atoms. The van der Waals surface area contributed by atoms with Gasteiger partial charge in [0.15, 0.2) is 5.82 Å². The number of nitrogens with zero attached hydrogens (tertiary/aromatic N) is 3. The second kappa shape index (κ2) is 6.11. The highest BCUT2D eigenvalue weighted by molar-refractivity contribution is 5.94. The molecule has 0 spiro atoms. The number of pyridine rings is 1. The third kappa shape index (κ3) is 2.97. The van der Waals surface area contributed by atoms with Crippen molar-refractivity contribution in [3.8, 4) is 0 Å². The van der Waals surface area contributed by atoms with Crippen molar-refractivity contribution < 1.29 is 9.90 Å². The lowest BCUT2D eigenvalue weighted by Gasteiger charge is -2.35. The number of rotatable bonds is 5. The number of aliphatic hydroxyl groups excluding tert-OH is 1. The van der Waals surface area contributed by atoms with Crippen molar-refractivity contribution in [2.45, 2.75) is 57.2 Å². The van der Waals surface area contributed by atoms with Crippen LogP contribution in [0.1, 0.15) is 65.3 Å². The van der Waals surface area contributed by atoms with Crippen molar-refractivity contribution in [2.75, 3.05) is 0 Å². The topological polar surface area (TPSA) is 113 Å². The molecule has 4 rings (SSSR count). The summed E-state index contributed by atoms with van der Waals surface area (Å²) in [5.41, 5.74) is 0.497. The smallest absolute Gasteiger partial charge is 0.260 e. The molecule has 0 unspecified atom stereocenters. The fourth-order valence-corrected chi connectivity index (χ4v) is 3.41. The van der Waals surface area contributed by atoms with Crippen molar-refractivity contribution in [3.63, 3.8) is 0 Å². The van der Waals surface area contributed by atoms with Gasteiger partial charge in [-0.3, -0.25) is 9.59 Å². The summed E-state index contributed by atoms with van der Waals surface area (Å²) in [7, 11) is 0. The molecule has 2 heterocycles. The maximum Gasteiger partial charge on any atom is 0.260 e. The Bertz CT molecular complexity index is 861. The molecule has 2 aromatic rings. The Kier molecular flexibility index (Phi) is 3.91. The van der Waals surface area contributed by atoms with Gasteiger partial charge < -0.3 is 20.0 Å². The van der Waals surface area contributed by atoms with Gasteiger partial charge in [0.25, 0.3) is 11.5 Å². The Morgan fingerprint density at radius 3 is 2.76 bits per heavy atom. The number of aliphatic hydroxyl groups is 1. The van der Waals surface area contributed by atoms with Crippen LogP contribution in [0.4, 0.5) is 0 Å². The van der Waals surface area contributed by atoms with Gasteiger partial charge >= 0.3 is 0 Å². The number of hydrogen-bond donors (Lipinski definition) is 3. The van der Waals surface area contributed by atoms with E-state index < -0.39 is 0 Å². The quantitative estimate of drug-likeness (QED) is 0.742. The van der Waals surface area contributed by atoms with Crippen molar-refractivity contribution in [2.24, 2.45) is 0 Å². The van der Waals surface area contributed by atoms with Crippen LogP contribution < -0.4 is 10.9 Å². The molecular formula is C17H21N5O3. The summed E-state index contributed by atoms with van der Waals surface area (Å²) in [5.74, 6) is 1.42. The lowest BCUT2D eigenvalue weighted by molar-refractivity contribution is 0.0905. The van der Waals surface area contributed by atoms with Crippen LogP contribution in [0.25, 0.3) is 0 Å². The molecule has 8 nitrogen and oxygen atoms in total. The average molecular weight is 343 g/mol. The highest BCUT2D eigenvalue weighted by atomic mass is 16.3. The zero-order valence-electron chi connectivity index (χ0n) is 14.0. The molecule has 1 amide bonds. The van der Waals surface area contributed by atoms with Crippen LogP contribution in [0.5, 0.6) is 0 Å². The van der Waals surface area contributed by atoms with E-state index in [9.17, 15) is 14.7 Å². The van der Waals surface area contributed by atoms with E-state index in [1.165, 1.54) is 0 Å². The van der Waals surface area contributed by atoms with Crippen molar-refractivity contribution >= 4 is 5.91 Å². The third-order valence-electron chi connectivity index (χ3n) is 4.98. The van der Waals surface area contributed by atoms with E-state index in [0.717, 1.165) is 37.2 Å². The maximum absolute atomic E-state index is 12.3. The molecular weight excluding hydrogens is 322 g/mol. The summed E-state index contributed by atoms with van der Waals surface area (Å²) in [5, 5.41) is 20.7. The highest BCUT2D eigenvalue weighted by Gasteiger charge is 2.38. The second-order valence-electron chi connectivity index (χ2n) is 6.96. The standard InChI is InChI=1S/C17H21N5O3/c1-9-2-5-13(16(24)18-9)17(25)19-11-6-10(7-11)15-21-20-14(8-23)22(15)12-3-4-12/h2,5,10-12,23H,3-4,6-8H2,1H3,(H,18,24)(H,19,25). The largest absolute Gasteiger partial charge is 0.388 e. The Morgan fingerprint density at radius 1 is 1.36 bits per heavy atom. The molecule has 2 saturated carbocycles. The van der Waals surface area contributed by atoms with E-state index in [2.05, 4.69) is 25.1 Å². The first-order chi connectivity index (χ1) is 12.1. The normalized spacial score (nSPS) is 22.5. The third-order valence-corrected chi connectivity index (χ3v) is 4.98. The minimum Gasteiger partial charge on any atom is -0.388 e. The molecule has 2 aliphatic carbocycles. The van der Waals surface area contributed by atoms with Crippen LogP contribution in [0.3, 0.4) is 0 Å². The van der Waals surface area contributed by atoms with E-state index in [1.54, 1.807) is 19.1 Å². The molecule has 132 valence electrons. The van der Waals surface area contributed by atoms with Gasteiger partial charge in [-0.1, -0.05) is 0 Å². The summed E-state index contributed by atoms with van der Waals surface area (Å²) < 4.78 is 2.06. The fraction of sp³-hybridized carbons (Fsp3) is 0.529. The van der Waals surface area contributed by atoms with Gasteiger partial charge in [0.05, 0.1) is 0 Å². The van der Waals surface area contributed by atoms with Gasteiger partial charge in [0, 0.05) is 23.7 Å². The van der Waals surface area contributed by atoms with Gasteiger partial charge in [-0.25, -0.2) is 0 Å². The lowest BCUT2D eigenvalue weighted by atomic mass is 9.79. The van der Waals surface area contributed by atoms with Crippen molar-refractivity contribution in [3.05, 3.63) is 45.4 Å². The summed E-state index contributed by atoms with van der Waals surface area (Å²) in [4.78, 5) is 26.8. The number of aryl methyl sites for hydroxylation is 1.